The molecule has 27 heavy (non-hydrogen) atoms. The van der Waals surface area contributed by atoms with E-state index in [1.807, 2.05) is 5.43 Å². The fourth-order valence-electron chi connectivity index (χ4n) is 2.29. The summed E-state index contributed by atoms with van der Waals surface area (Å²) in [5.41, 5.74) is 2.02. The van der Waals surface area contributed by atoms with Gasteiger partial charge in [-0.25, -0.2) is 15.8 Å². The number of carbonyl (C=O) groups is 1. The van der Waals surface area contributed by atoms with E-state index in [0.29, 0.717) is 5.56 Å². The molecule has 0 radical (unpaired) electrons. The first kappa shape index (κ1) is 18.3. The molecule has 0 atom stereocenters. The second kappa shape index (κ2) is 7.00. The molecule has 0 saturated carbocycles. The molecule has 138 valence electrons. The van der Waals surface area contributed by atoms with Gasteiger partial charge in [-0.1, -0.05) is 12.1 Å². The molecule has 0 aliphatic heterocycles. The summed E-state index contributed by atoms with van der Waals surface area (Å²) in [5.74, 6) is 4.03. The van der Waals surface area contributed by atoms with Crippen LogP contribution in [0.15, 0.2) is 48.7 Å². The summed E-state index contributed by atoms with van der Waals surface area (Å²) in [6.45, 7) is 0. The fraction of sp³-hybridized carbons (Fsp3) is 0.0588. The van der Waals surface area contributed by atoms with Crippen LogP contribution >= 0.6 is 0 Å². The minimum Gasteiger partial charge on any atom is -0.508 e. The zero-order chi connectivity index (χ0) is 19.6. The van der Waals surface area contributed by atoms with E-state index < -0.39 is 17.8 Å². The Labute approximate surface area is 150 Å². The maximum Gasteiger partial charge on any atom is 0.433 e. The van der Waals surface area contributed by atoms with Crippen LogP contribution in [0.4, 0.5) is 13.2 Å². The van der Waals surface area contributed by atoms with Crippen LogP contribution in [-0.4, -0.2) is 26.0 Å². The molecule has 0 fully saturated rings. The second-order valence-corrected chi connectivity index (χ2v) is 5.42. The molecule has 3 aromatic rings. The van der Waals surface area contributed by atoms with E-state index in [9.17, 15) is 23.1 Å². The highest BCUT2D eigenvalue weighted by molar-refractivity contribution is 5.91. The molecule has 4 N–H and O–H groups in total. The van der Waals surface area contributed by atoms with Gasteiger partial charge in [-0.05, 0) is 30.3 Å². The molecule has 0 aliphatic rings. The van der Waals surface area contributed by atoms with Crippen LogP contribution in [0.1, 0.15) is 16.3 Å². The molecule has 1 aromatic carbocycles. The molecular weight excluding hydrogens is 363 g/mol. The average molecular weight is 375 g/mol. The summed E-state index contributed by atoms with van der Waals surface area (Å²) in [6, 6.07) is 9.56. The SMILES string of the molecule is NNC(=O)c1nc(-c2ccc(C(F)(F)F)nc2)cc(-c2cccc(O)c2)n1. The van der Waals surface area contributed by atoms with E-state index in [0.717, 1.165) is 12.3 Å². The van der Waals surface area contributed by atoms with Crippen molar-refractivity contribution in [2.45, 2.75) is 6.18 Å². The largest absolute Gasteiger partial charge is 0.508 e. The number of nitrogen functional groups attached to an aromatic ring is 1. The monoisotopic (exact) mass is 375 g/mol. The number of hydrogen-bond donors (Lipinski definition) is 3. The van der Waals surface area contributed by atoms with Gasteiger partial charge in [0.2, 0.25) is 5.82 Å². The Morgan fingerprint density at radius 3 is 2.30 bits per heavy atom. The number of benzene rings is 1. The van der Waals surface area contributed by atoms with Crippen molar-refractivity contribution < 1.29 is 23.1 Å². The number of carbonyl (C=O) groups excluding carboxylic acids is 1. The third-order valence-electron chi connectivity index (χ3n) is 3.55. The van der Waals surface area contributed by atoms with Crippen molar-refractivity contribution in [3.63, 3.8) is 0 Å². The molecule has 1 amide bonds. The number of phenolic OH excluding ortho intramolecular Hbond substituents is 1. The zero-order valence-electron chi connectivity index (χ0n) is 13.5. The van der Waals surface area contributed by atoms with Crippen molar-refractivity contribution in [1.29, 1.82) is 0 Å². The number of nitrogens with zero attached hydrogens (tertiary/aromatic N) is 3. The first-order chi connectivity index (χ1) is 12.8. The summed E-state index contributed by atoms with van der Waals surface area (Å²) in [4.78, 5) is 23.4. The summed E-state index contributed by atoms with van der Waals surface area (Å²) < 4.78 is 38.0. The number of halogens is 3. The summed E-state index contributed by atoms with van der Waals surface area (Å²) in [5, 5.41) is 9.63. The van der Waals surface area contributed by atoms with E-state index in [-0.39, 0.29) is 28.5 Å². The lowest BCUT2D eigenvalue weighted by Gasteiger charge is -2.09. The van der Waals surface area contributed by atoms with Gasteiger partial charge < -0.3 is 5.11 Å². The maximum absolute atomic E-state index is 12.7. The van der Waals surface area contributed by atoms with Crippen LogP contribution in [0.25, 0.3) is 22.5 Å². The predicted molar refractivity (Wildman–Crippen MR) is 89.0 cm³/mol. The highest BCUT2D eigenvalue weighted by Gasteiger charge is 2.32. The third kappa shape index (κ3) is 4.01. The molecule has 0 bridgehead atoms. The van der Waals surface area contributed by atoms with Gasteiger partial charge in [-0.2, -0.15) is 13.2 Å². The van der Waals surface area contributed by atoms with E-state index in [2.05, 4.69) is 15.0 Å². The van der Waals surface area contributed by atoms with Crippen molar-refractivity contribution >= 4 is 5.91 Å². The molecule has 7 nitrogen and oxygen atoms in total. The van der Waals surface area contributed by atoms with E-state index in [1.165, 1.54) is 24.3 Å². The quantitative estimate of drug-likeness (QED) is 0.368. The van der Waals surface area contributed by atoms with Gasteiger partial charge in [0.1, 0.15) is 11.4 Å². The standard InChI is InChI=1S/C17H12F3N5O2/c18-17(19,20)14-5-4-10(8-22-14)13-7-12(9-2-1-3-11(26)6-9)23-15(24-13)16(27)25-21/h1-8,26H,21H2,(H,25,27). The normalized spacial score (nSPS) is 11.3. The molecule has 3 rings (SSSR count). The molecular formula is C17H12F3N5O2. The number of hydrazine groups is 1. The number of aromatic nitrogens is 3. The lowest BCUT2D eigenvalue weighted by molar-refractivity contribution is -0.141. The van der Waals surface area contributed by atoms with Gasteiger partial charge in [0, 0.05) is 17.3 Å². The molecule has 10 heteroatoms. The Bertz CT molecular complexity index is 991. The Kier molecular flexibility index (Phi) is 4.74. The highest BCUT2D eigenvalue weighted by atomic mass is 19.4. The fourth-order valence-corrected chi connectivity index (χ4v) is 2.29. The number of alkyl halides is 3. The molecule has 2 aromatic heterocycles. The lowest BCUT2D eigenvalue weighted by Crippen LogP contribution is -2.31. The van der Waals surface area contributed by atoms with Gasteiger partial charge in [0.15, 0.2) is 0 Å². The van der Waals surface area contributed by atoms with Crippen LogP contribution in [-0.2, 0) is 6.18 Å². The Morgan fingerprint density at radius 1 is 1.04 bits per heavy atom. The minimum atomic E-state index is -4.57. The van der Waals surface area contributed by atoms with Gasteiger partial charge in [-0.15, -0.1) is 0 Å². The summed E-state index contributed by atoms with van der Waals surface area (Å²) in [7, 11) is 0. The Morgan fingerprint density at radius 2 is 1.74 bits per heavy atom. The lowest BCUT2D eigenvalue weighted by atomic mass is 10.1. The Hall–Kier alpha value is -3.53. The minimum absolute atomic E-state index is 0.0197. The van der Waals surface area contributed by atoms with E-state index in [1.54, 1.807) is 12.1 Å². The topological polar surface area (TPSA) is 114 Å². The highest BCUT2D eigenvalue weighted by Crippen LogP contribution is 2.30. The first-order valence-electron chi connectivity index (χ1n) is 7.51. The van der Waals surface area contributed by atoms with Crippen molar-refractivity contribution in [2.75, 3.05) is 0 Å². The van der Waals surface area contributed by atoms with Crippen molar-refractivity contribution in [1.82, 2.24) is 20.4 Å². The van der Waals surface area contributed by atoms with Crippen molar-refractivity contribution in [3.05, 3.63) is 60.2 Å². The van der Waals surface area contributed by atoms with Gasteiger partial charge >= 0.3 is 12.1 Å². The number of nitrogens with two attached hydrogens (primary N) is 1. The van der Waals surface area contributed by atoms with E-state index >= 15 is 0 Å². The summed E-state index contributed by atoms with van der Waals surface area (Å²) >= 11 is 0. The molecule has 2 heterocycles. The van der Waals surface area contributed by atoms with Gasteiger partial charge in [0.25, 0.3) is 0 Å². The maximum atomic E-state index is 12.7. The van der Waals surface area contributed by atoms with Crippen LogP contribution in [0.3, 0.4) is 0 Å². The molecule has 0 unspecified atom stereocenters. The van der Waals surface area contributed by atoms with Crippen LogP contribution in [0.2, 0.25) is 0 Å². The molecule has 0 aliphatic carbocycles. The number of amides is 1. The first-order valence-corrected chi connectivity index (χ1v) is 7.51. The van der Waals surface area contributed by atoms with Crippen LogP contribution in [0.5, 0.6) is 5.75 Å². The average Bonchev–Trinajstić information content (AvgIpc) is 2.66. The smallest absolute Gasteiger partial charge is 0.433 e. The van der Waals surface area contributed by atoms with Crippen LogP contribution < -0.4 is 11.3 Å². The molecule has 0 saturated heterocycles. The van der Waals surface area contributed by atoms with Crippen molar-refractivity contribution in [3.8, 4) is 28.3 Å². The van der Waals surface area contributed by atoms with E-state index in [4.69, 9.17) is 5.84 Å². The number of rotatable bonds is 3. The zero-order valence-corrected chi connectivity index (χ0v) is 13.5. The Balaban J connectivity index is 2.12. The number of hydrogen-bond acceptors (Lipinski definition) is 6. The predicted octanol–water partition coefficient (Wildman–Crippen LogP) is 2.53. The number of aromatic hydroxyl groups is 1. The second-order valence-electron chi connectivity index (χ2n) is 5.42. The number of pyridine rings is 1. The number of nitrogens with one attached hydrogen (secondary N) is 1. The third-order valence-corrected chi connectivity index (χ3v) is 3.55. The molecule has 0 spiro atoms. The number of phenols is 1. The van der Waals surface area contributed by atoms with Gasteiger partial charge in [-0.3, -0.25) is 15.2 Å². The van der Waals surface area contributed by atoms with Gasteiger partial charge in [0.05, 0.1) is 11.4 Å². The van der Waals surface area contributed by atoms with Crippen LogP contribution in [0, 0.1) is 0 Å². The summed E-state index contributed by atoms with van der Waals surface area (Å²) in [6.07, 6.45) is -3.57. The van der Waals surface area contributed by atoms with Crippen molar-refractivity contribution in [2.24, 2.45) is 5.84 Å².